The van der Waals surface area contributed by atoms with Gasteiger partial charge >= 0.3 is 0 Å². The first-order chi connectivity index (χ1) is 7.60. The lowest BCUT2D eigenvalue weighted by Gasteiger charge is -2.11. The fourth-order valence-corrected chi connectivity index (χ4v) is 1.21. The number of terminal acetylenes is 1. The van der Waals surface area contributed by atoms with Crippen molar-refractivity contribution in [1.82, 2.24) is 5.32 Å². The second kappa shape index (κ2) is 5.17. The van der Waals surface area contributed by atoms with Crippen molar-refractivity contribution in [3.63, 3.8) is 0 Å². The number of carbonyl (C=O) groups excluding carboxylic acids is 1. The minimum atomic E-state index is -0.638. The summed E-state index contributed by atoms with van der Waals surface area (Å²) >= 11 is 0. The molecule has 0 aliphatic rings. The molecule has 1 N–H and O–H groups in total. The summed E-state index contributed by atoms with van der Waals surface area (Å²) in [5.74, 6) is 1.29. The number of halogens is 1. The largest absolute Gasteiger partial charge is 0.496 e. The predicted molar refractivity (Wildman–Crippen MR) is 58.7 cm³/mol. The molecule has 0 aliphatic heterocycles. The van der Waals surface area contributed by atoms with Crippen LogP contribution in [0.1, 0.15) is 17.3 Å². The standard InChI is InChI=1S/C12H12FNO2/c1-4-8(2)14-12(15)11-9(13)6-5-7-10(11)16-3/h1,5-8H,2-3H3,(H,14,15). The van der Waals surface area contributed by atoms with Gasteiger partial charge in [0.25, 0.3) is 5.91 Å². The summed E-state index contributed by atoms with van der Waals surface area (Å²) in [6.07, 6.45) is 5.12. The summed E-state index contributed by atoms with van der Waals surface area (Å²) in [5.41, 5.74) is -0.132. The Morgan fingerprint density at radius 1 is 1.62 bits per heavy atom. The predicted octanol–water partition coefficient (Wildman–Crippen LogP) is 1.59. The van der Waals surface area contributed by atoms with E-state index in [1.165, 1.54) is 25.3 Å². The number of hydrogen-bond donors (Lipinski definition) is 1. The molecule has 1 atom stereocenters. The first kappa shape index (κ1) is 12.1. The van der Waals surface area contributed by atoms with E-state index in [2.05, 4.69) is 11.2 Å². The van der Waals surface area contributed by atoms with Crippen molar-refractivity contribution in [2.75, 3.05) is 7.11 Å². The Balaban J connectivity index is 3.03. The van der Waals surface area contributed by atoms with Gasteiger partial charge in [0.1, 0.15) is 17.1 Å². The lowest BCUT2D eigenvalue weighted by atomic mass is 10.1. The zero-order chi connectivity index (χ0) is 12.1. The van der Waals surface area contributed by atoms with E-state index in [9.17, 15) is 9.18 Å². The van der Waals surface area contributed by atoms with Crippen molar-refractivity contribution in [2.24, 2.45) is 0 Å². The van der Waals surface area contributed by atoms with Crippen LogP contribution in [-0.2, 0) is 0 Å². The average Bonchev–Trinajstić information content (AvgIpc) is 2.28. The molecule has 0 bridgehead atoms. The third-order valence-corrected chi connectivity index (χ3v) is 2.02. The van der Waals surface area contributed by atoms with Crippen LogP contribution in [0.2, 0.25) is 0 Å². The molecule has 0 radical (unpaired) electrons. The van der Waals surface area contributed by atoms with Gasteiger partial charge in [-0.15, -0.1) is 6.42 Å². The lowest BCUT2D eigenvalue weighted by Crippen LogP contribution is -2.32. The molecule has 1 rings (SSSR count). The van der Waals surface area contributed by atoms with E-state index in [0.717, 1.165) is 0 Å². The van der Waals surface area contributed by atoms with Crippen LogP contribution in [0.3, 0.4) is 0 Å². The third-order valence-electron chi connectivity index (χ3n) is 2.02. The zero-order valence-electron chi connectivity index (χ0n) is 9.08. The van der Waals surface area contributed by atoms with E-state index in [4.69, 9.17) is 11.2 Å². The van der Waals surface area contributed by atoms with Crippen LogP contribution in [-0.4, -0.2) is 19.1 Å². The molecule has 0 spiro atoms. The minimum absolute atomic E-state index is 0.132. The van der Waals surface area contributed by atoms with Crippen molar-refractivity contribution in [3.05, 3.63) is 29.6 Å². The highest BCUT2D eigenvalue weighted by Crippen LogP contribution is 2.20. The molecule has 1 aromatic carbocycles. The van der Waals surface area contributed by atoms with Crippen LogP contribution in [0.15, 0.2) is 18.2 Å². The number of benzene rings is 1. The summed E-state index contributed by atoms with van der Waals surface area (Å²) in [6.45, 7) is 1.63. The molecule has 0 saturated heterocycles. The van der Waals surface area contributed by atoms with Crippen LogP contribution >= 0.6 is 0 Å². The first-order valence-corrected chi connectivity index (χ1v) is 4.69. The summed E-state index contributed by atoms with van der Waals surface area (Å²) in [7, 11) is 1.37. The van der Waals surface area contributed by atoms with Gasteiger partial charge in [-0.1, -0.05) is 12.0 Å². The van der Waals surface area contributed by atoms with E-state index < -0.39 is 17.8 Å². The molecule has 0 aromatic heterocycles. The highest BCUT2D eigenvalue weighted by Gasteiger charge is 2.18. The van der Waals surface area contributed by atoms with Gasteiger partial charge in [0.2, 0.25) is 0 Å². The van der Waals surface area contributed by atoms with Crippen LogP contribution in [0, 0.1) is 18.2 Å². The monoisotopic (exact) mass is 221 g/mol. The SMILES string of the molecule is C#CC(C)NC(=O)c1c(F)cccc1OC. The topological polar surface area (TPSA) is 38.3 Å². The van der Waals surface area contributed by atoms with E-state index in [0.29, 0.717) is 0 Å². The Morgan fingerprint density at radius 3 is 2.88 bits per heavy atom. The fraction of sp³-hybridized carbons (Fsp3) is 0.250. The first-order valence-electron chi connectivity index (χ1n) is 4.69. The average molecular weight is 221 g/mol. The maximum absolute atomic E-state index is 13.4. The number of nitrogens with one attached hydrogen (secondary N) is 1. The molecule has 1 amide bonds. The molecule has 0 fully saturated rings. The lowest BCUT2D eigenvalue weighted by molar-refractivity contribution is 0.0941. The van der Waals surface area contributed by atoms with E-state index in [-0.39, 0.29) is 11.3 Å². The highest BCUT2D eigenvalue weighted by molar-refractivity contribution is 5.97. The second-order valence-electron chi connectivity index (χ2n) is 3.18. The summed E-state index contributed by atoms with van der Waals surface area (Å²) in [5, 5.41) is 2.47. The zero-order valence-corrected chi connectivity index (χ0v) is 9.08. The number of ether oxygens (including phenoxy) is 1. The molecule has 16 heavy (non-hydrogen) atoms. The summed E-state index contributed by atoms with van der Waals surface area (Å²) in [4.78, 5) is 11.7. The van der Waals surface area contributed by atoms with E-state index in [1.807, 2.05) is 0 Å². The van der Waals surface area contributed by atoms with Crippen molar-refractivity contribution in [3.8, 4) is 18.1 Å². The third kappa shape index (κ3) is 2.51. The minimum Gasteiger partial charge on any atom is -0.496 e. The van der Waals surface area contributed by atoms with Crippen molar-refractivity contribution in [1.29, 1.82) is 0 Å². The van der Waals surface area contributed by atoms with Crippen LogP contribution < -0.4 is 10.1 Å². The molecule has 0 heterocycles. The van der Waals surface area contributed by atoms with Gasteiger partial charge in [0, 0.05) is 0 Å². The van der Waals surface area contributed by atoms with Crippen LogP contribution in [0.4, 0.5) is 4.39 Å². The van der Waals surface area contributed by atoms with Crippen LogP contribution in [0.5, 0.6) is 5.75 Å². The normalized spacial score (nSPS) is 11.4. The molecule has 3 nitrogen and oxygen atoms in total. The smallest absolute Gasteiger partial charge is 0.259 e. The van der Waals surface area contributed by atoms with Gasteiger partial charge in [0.15, 0.2) is 0 Å². The van der Waals surface area contributed by atoms with Gasteiger partial charge in [-0.05, 0) is 19.1 Å². The van der Waals surface area contributed by atoms with Crippen LogP contribution in [0.25, 0.3) is 0 Å². The van der Waals surface area contributed by atoms with Gasteiger partial charge in [0.05, 0.1) is 13.2 Å². The molecule has 84 valence electrons. The summed E-state index contributed by atoms with van der Waals surface area (Å²) < 4.78 is 18.4. The summed E-state index contributed by atoms with van der Waals surface area (Å²) in [6, 6.07) is 3.71. The van der Waals surface area contributed by atoms with Gasteiger partial charge in [-0.2, -0.15) is 0 Å². The molecular formula is C12H12FNO2. The molecule has 0 saturated carbocycles. The van der Waals surface area contributed by atoms with E-state index >= 15 is 0 Å². The molecule has 1 aromatic rings. The molecule has 0 aliphatic carbocycles. The quantitative estimate of drug-likeness (QED) is 0.787. The Kier molecular flexibility index (Phi) is 3.90. The molecule has 4 heteroatoms. The van der Waals surface area contributed by atoms with Crippen molar-refractivity contribution < 1.29 is 13.9 Å². The Hall–Kier alpha value is -2.02. The van der Waals surface area contributed by atoms with Crippen molar-refractivity contribution >= 4 is 5.91 Å². The number of amides is 1. The van der Waals surface area contributed by atoms with E-state index in [1.54, 1.807) is 6.92 Å². The molecule has 1 unspecified atom stereocenters. The number of rotatable bonds is 3. The maximum atomic E-state index is 13.4. The van der Waals surface area contributed by atoms with Gasteiger partial charge < -0.3 is 10.1 Å². The number of hydrogen-bond acceptors (Lipinski definition) is 2. The second-order valence-corrected chi connectivity index (χ2v) is 3.18. The molecular weight excluding hydrogens is 209 g/mol. The number of methoxy groups -OCH3 is 1. The van der Waals surface area contributed by atoms with Gasteiger partial charge in [-0.3, -0.25) is 4.79 Å². The maximum Gasteiger partial charge on any atom is 0.259 e. The Labute approximate surface area is 93.6 Å². The Bertz CT molecular complexity index is 437. The van der Waals surface area contributed by atoms with Gasteiger partial charge in [-0.25, -0.2) is 4.39 Å². The fourth-order valence-electron chi connectivity index (χ4n) is 1.21. The van der Waals surface area contributed by atoms with Crippen molar-refractivity contribution in [2.45, 2.75) is 13.0 Å². The number of carbonyl (C=O) groups is 1. The highest BCUT2D eigenvalue weighted by atomic mass is 19.1. The Morgan fingerprint density at radius 2 is 2.31 bits per heavy atom.